The summed E-state index contributed by atoms with van der Waals surface area (Å²) in [6.07, 6.45) is 0. The summed E-state index contributed by atoms with van der Waals surface area (Å²) in [7, 11) is 1.36. The highest BCUT2D eigenvalue weighted by molar-refractivity contribution is 7.13. The molecule has 0 aliphatic carbocycles. The molecule has 5 nitrogen and oxygen atoms in total. The smallest absolute Gasteiger partial charge is 0.358 e. The van der Waals surface area contributed by atoms with E-state index in [1.54, 1.807) is 0 Å². The van der Waals surface area contributed by atoms with Gasteiger partial charge in [0.25, 0.3) is 0 Å². The van der Waals surface area contributed by atoms with Crippen LogP contribution < -0.4 is 4.74 Å². The van der Waals surface area contributed by atoms with Gasteiger partial charge in [-0.15, -0.1) is 11.3 Å². The van der Waals surface area contributed by atoms with Crippen molar-refractivity contribution in [3.8, 4) is 22.1 Å². The second-order valence-electron chi connectivity index (χ2n) is 3.19. The maximum Gasteiger partial charge on any atom is 0.358 e. The van der Waals surface area contributed by atoms with E-state index in [2.05, 4.69) is 4.98 Å². The number of aromatic nitrogens is 1. The summed E-state index contributed by atoms with van der Waals surface area (Å²) in [6.45, 7) is 0. The lowest BCUT2D eigenvalue weighted by atomic mass is 10.2. The molecule has 0 fully saturated rings. The summed E-state index contributed by atoms with van der Waals surface area (Å²) in [5.74, 6) is -1.65. The molecule has 0 aliphatic rings. The number of nitrogens with zero attached hydrogens (tertiary/aromatic N) is 1. The van der Waals surface area contributed by atoms with E-state index in [1.807, 2.05) is 17.5 Å². The van der Waals surface area contributed by atoms with Crippen LogP contribution in [0.25, 0.3) is 10.6 Å². The standard InChI is InChI=1S/C11H9NO4S/c1-16-7-5-6(8-3-2-4-17-8)12-9(10(7)13)11(14)15/h2-5,13H,1H3,(H,14,15). The van der Waals surface area contributed by atoms with Crippen LogP contribution in [0, 0.1) is 0 Å². The first-order chi connectivity index (χ1) is 8.13. The second kappa shape index (κ2) is 4.42. The number of rotatable bonds is 3. The number of pyridine rings is 1. The molecule has 0 bridgehead atoms. The Hall–Kier alpha value is -2.08. The molecule has 17 heavy (non-hydrogen) atoms. The van der Waals surface area contributed by atoms with Crippen molar-refractivity contribution in [3.63, 3.8) is 0 Å². The number of methoxy groups -OCH3 is 1. The van der Waals surface area contributed by atoms with Crippen LogP contribution >= 0.6 is 11.3 Å². The van der Waals surface area contributed by atoms with Gasteiger partial charge in [-0.3, -0.25) is 0 Å². The van der Waals surface area contributed by atoms with Crippen LogP contribution in [-0.4, -0.2) is 28.3 Å². The van der Waals surface area contributed by atoms with Gasteiger partial charge in [0.05, 0.1) is 17.7 Å². The Morgan fingerprint density at radius 1 is 1.53 bits per heavy atom. The Morgan fingerprint density at radius 2 is 2.29 bits per heavy atom. The van der Waals surface area contributed by atoms with Gasteiger partial charge in [0, 0.05) is 6.07 Å². The quantitative estimate of drug-likeness (QED) is 0.874. The minimum atomic E-state index is -1.29. The van der Waals surface area contributed by atoms with Gasteiger partial charge in [0.2, 0.25) is 0 Å². The molecule has 0 aliphatic heterocycles. The third-order valence-corrected chi connectivity index (χ3v) is 3.05. The average molecular weight is 251 g/mol. The van der Waals surface area contributed by atoms with Gasteiger partial charge in [-0.1, -0.05) is 6.07 Å². The summed E-state index contributed by atoms with van der Waals surface area (Å²) in [5.41, 5.74) is 0.0554. The highest BCUT2D eigenvalue weighted by atomic mass is 32.1. The fourth-order valence-electron chi connectivity index (χ4n) is 1.37. The number of aromatic carboxylic acids is 1. The summed E-state index contributed by atoms with van der Waals surface area (Å²) in [5, 5.41) is 20.4. The Kier molecular flexibility index (Phi) is 2.97. The van der Waals surface area contributed by atoms with Crippen molar-refractivity contribution in [2.75, 3.05) is 7.11 Å². The van der Waals surface area contributed by atoms with Crippen LogP contribution in [0.4, 0.5) is 0 Å². The zero-order valence-electron chi connectivity index (χ0n) is 8.88. The Morgan fingerprint density at radius 3 is 2.82 bits per heavy atom. The molecule has 0 saturated heterocycles. The van der Waals surface area contributed by atoms with Gasteiger partial charge in [-0.05, 0) is 11.4 Å². The highest BCUT2D eigenvalue weighted by Crippen LogP contribution is 2.34. The first-order valence-electron chi connectivity index (χ1n) is 4.68. The molecule has 2 aromatic rings. The van der Waals surface area contributed by atoms with Crippen molar-refractivity contribution in [1.29, 1.82) is 0 Å². The van der Waals surface area contributed by atoms with E-state index in [0.717, 1.165) is 4.88 Å². The maximum atomic E-state index is 10.9. The fraction of sp³-hybridized carbons (Fsp3) is 0.0909. The molecule has 0 radical (unpaired) electrons. The normalized spacial score (nSPS) is 10.2. The molecule has 6 heteroatoms. The zero-order chi connectivity index (χ0) is 12.4. The molecule has 0 atom stereocenters. The van der Waals surface area contributed by atoms with Crippen LogP contribution in [0.5, 0.6) is 11.5 Å². The molecule has 2 aromatic heterocycles. The molecule has 0 amide bonds. The van der Waals surface area contributed by atoms with E-state index >= 15 is 0 Å². The van der Waals surface area contributed by atoms with E-state index in [4.69, 9.17) is 9.84 Å². The fourth-order valence-corrected chi connectivity index (χ4v) is 2.06. The summed E-state index contributed by atoms with van der Waals surface area (Å²) in [6, 6.07) is 5.16. The van der Waals surface area contributed by atoms with Crippen LogP contribution in [0.2, 0.25) is 0 Å². The number of ether oxygens (including phenoxy) is 1. The second-order valence-corrected chi connectivity index (χ2v) is 4.14. The van der Waals surface area contributed by atoms with Gasteiger partial charge < -0.3 is 14.9 Å². The summed E-state index contributed by atoms with van der Waals surface area (Å²) >= 11 is 1.43. The highest BCUT2D eigenvalue weighted by Gasteiger charge is 2.19. The third-order valence-electron chi connectivity index (χ3n) is 2.15. The number of carbonyl (C=O) groups is 1. The number of carboxylic acid groups (broad SMARTS) is 1. The molecule has 0 unspecified atom stereocenters. The first-order valence-corrected chi connectivity index (χ1v) is 5.56. The number of thiophene rings is 1. The predicted molar refractivity (Wildman–Crippen MR) is 62.7 cm³/mol. The number of hydrogen-bond donors (Lipinski definition) is 2. The first kappa shape index (κ1) is 11.4. The van der Waals surface area contributed by atoms with Crippen LogP contribution in [0.1, 0.15) is 10.5 Å². The number of aromatic hydroxyl groups is 1. The van der Waals surface area contributed by atoms with Crippen molar-refractivity contribution in [2.45, 2.75) is 0 Å². The molecule has 0 spiro atoms. The topological polar surface area (TPSA) is 79.7 Å². The van der Waals surface area contributed by atoms with E-state index in [0.29, 0.717) is 5.69 Å². The lowest BCUT2D eigenvalue weighted by Crippen LogP contribution is -2.03. The molecular weight excluding hydrogens is 242 g/mol. The SMILES string of the molecule is COc1cc(-c2cccs2)nc(C(=O)O)c1O. The van der Waals surface area contributed by atoms with Crippen LogP contribution in [0.3, 0.4) is 0 Å². The Balaban J connectivity index is 2.63. The third kappa shape index (κ3) is 2.07. The molecule has 88 valence electrons. The van der Waals surface area contributed by atoms with Crippen molar-refractivity contribution in [2.24, 2.45) is 0 Å². The van der Waals surface area contributed by atoms with Crippen LogP contribution in [0.15, 0.2) is 23.6 Å². The van der Waals surface area contributed by atoms with Crippen molar-refractivity contribution in [3.05, 3.63) is 29.3 Å². The van der Waals surface area contributed by atoms with E-state index in [-0.39, 0.29) is 5.75 Å². The molecule has 2 heterocycles. The van der Waals surface area contributed by atoms with Gasteiger partial charge in [-0.2, -0.15) is 0 Å². The monoisotopic (exact) mass is 251 g/mol. The minimum absolute atomic E-state index is 0.0980. The van der Waals surface area contributed by atoms with E-state index in [9.17, 15) is 9.90 Å². The van der Waals surface area contributed by atoms with Gasteiger partial charge in [0.15, 0.2) is 17.2 Å². The Bertz CT molecular complexity index is 551. The zero-order valence-corrected chi connectivity index (χ0v) is 9.69. The van der Waals surface area contributed by atoms with Gasteiger partial charge in [-0.25, -0.2) is 9.78 Å². The predicted octanol–water partition coefficient (Wildman–Crippen LogP) is 2.22. The van der Waals surface area contributed by atoms with Crippen molar-refractivity contribution in [1.82, 2.24) is 4.98 Å². The molecule has 0 aromatic carbocycles. The van der Waals surface area contributed by atoms with Crippen molar-refractivity contribution < 1.29 is 19.7 Å². The molecule has 2 N–H and O–H groups in total. The summed E-state index contributed by atoms with van der Waals surface area (Å²) < 4.78 is 4.93. The van der Waals surface area contributed by atoms with E-state index < -0.39 is 17.4 Å². The summed E-state index contributed by atoms with van der Waals surface area (Å²) in [4.78, 5) is 15.7. The molecular formula is C11H9NO4S. The van der Waals surface area contributed by atoms with Gasteiger partial charge in [0.1, 0.15) is 0 Å². The number of hydrogen-bond acceptors (Lipinski definition) is 5. The lowest BCUT2D eigenvalue weighted by Gasteiger charge is -2.07. The molecule has 2 rings (SSSR count). The van der Waals surface area contributed by atoms with E-state index in [1.165, 1.54) is 24.5 Å². The van der Waals surface area contributed by atoms with Crippen molar-refractivity contribution >= 4 is 17.3 Å². The van der Waals surface area contributed by atoms with Gasteiger partial charge >= 0.3 is 5.97 Å². The lowest BCUT2D eigenvalue weighted by molar-refractivity contribution is 0.0686. The minimum Gasteiger partial charge on any atom is -0.503 e. The number of carboxylic acids is 1. The Labute approximate surface area is 101 Å². The molecule has 0 saturated carbocycles. The van der Waals surface area contributed by atoms with Crippen LogP contribution in [-0.2, 0) is 0 Å². The maximum absolute atomic E-state index is 10.9. The average Bonchev–Trinajstić information content (AvgIpc) is 2.82. The largest absolute Gasteiger partial charge is 0.503 e.